The molecule has 1 aliphatic heterocycles. The first-order chi connectivity index (χ1) is 12.1. The quantitative estimate of drug-likeness (QED) is 0.818. The molecule has 0 aromatic heterocycles. The van der Waals surface area contributed by atoms with E-state index in [1.807, 2.05) is 17.0 Å². The van der Waals surface area contributed by atoms with Gasteiger partial charge in [0.25, 0.3) is 0 Å². The highest BCUT2D eigenvalue weighted by atomic mass is 35.5. The number of nitrogens with zero attached hydrogens (tertiary/aromatic N) is 1. The summed E-state index contributed by atoms with van der Waals surface area (Å²) in [5, 5.41) is 11.1. The van der Waals surface area contributed by atoms with Gasteiger partial charge in [0.15, 0.2) is 12.0 Å². The number of benzene rings is 2. The number of hydrogen-bond donors (Lipinski definition) is 1. The minimum atomic E-state index is -0.0357. The first-order valence-electron chi connectivity index (χ1n) is 8.14. The topological polar surface area (TPSA) is 59.0 Å². The number of ether oxygens (including phenoxy) is 2. The van der Waals surface area contributed by atoms with Crippen molar-refractivity contribution in [2.45, 2.75) is 18.9 Å². The Kier molecular flexibility index (Phi) is 5.34. The molecule has 6 heteroatoms. The molecule has 2 aromatic carbocycles. The van der Waals surface area contributed by atoms with Crippen molar-refractivity contribution in [3.8, 4) is 17.2 Å². The molecule has 1 saturated heterocycles. The second-order valence-electron chi connectivity index (χ2n) is 5.93. The molecule has 1 fully saturated rings. The Morgan fingerprint density at radius 2 is 1.84 bits per heavy atom. The summed E-state index contributed by atoms with van der Waals surface area (Å²) in [6.45, 7) is 1.40. The lowest BCUT2D eigenvalue weighted by molar-refractivity contribution is 0.112. The third-order valence-corrected chi connectivity index (χ3v) is 4.62. The van der Waals surface area contributed by atoms with Gasteiger partial charge in [0.2, 0.25) is 0 Å². The molecule has 3 rings (SSSR count). The summed E-state index contributed by atoms with van der Waals surface area (Å²) < 4.78 is 11.3. The van der Waals surface area contributed by atoms with E-state index in [1.165, 1.54) is 0 Å². The SMILES string of the molecule is COc1ccc(C=O)c(O)c1N1CCC(Oc2ccc(Cl)cc2)CC1. The van der Waals surface area contributed by atoms with E-state index in [4.69, 9.17) is 21.1 Å². The summed E-state index contributed by atoms with van der Waals surface area (Å²) in [6.07, 6.45) is 2.35. The smallest absolute Gasteiger partial charge is 0.153 e. The summed E-state index contributed by atoms with van der Waals surface area (Å²) in [4.78, 5) is 13.1. The van der Waals surface area contributed by atoms with Crippen molar-refractivity contribution in [3.63, 3.8) is 0 Å². The van der Waals surface area contributed by atoms with Gasteiger partial charge in [-0.1, -0.05) is 11.6 Å². The fourth-order valence-electron chi connectivity index (χ4n) is 3.05. The van der Waals surface area contributed by atoms with E-state index >= 15 is 0 Å². The summed E-state index contributed by atoms with van der Waals surface area (Å²) in [7, 11) is 1.55. The van der Waals surface area contributed by atoms with Crippen molar-refractivity contribution in [1.29, 1.82) is 0 Å². The number of methoxy groups -OCH3 is 1. The molecule has 0 bridgehead atoms. The number of aldehydes is 1. The molecule has 1 N–H and O–H groups in total. The van der Waals surface area contributed by atoms with Crippen LogP contribution in [0.15, 0.2) is 36.4 Å². The fourth-order valence-corrected chi connectivity index (χ4v) is 3.17. The van der Waals surface area contributed by atoms with Crippen molar-refractivity contribution in [3.05, 3.63) is 47.0 Å². The molecule has 1 heterocycles. The molecule has 132 valence electrons. The molecule has 25 heavy (non-hydrogen) atoms. The van der Waals surface area contributed by atoms with Crippen LogP contribution in [0, 0.1) is 0 Å². The van der Waals surface area contributed by atoms with E-state index in [-0.39, 0.29) is 17.4 Å². The molecule has 1 aliphatic rings. The number of carbonyl (C=O) groups excluding carboxylic acids is 1. The molecular weight excluding hydrogens is 342 g/mol. The number of rotatable bonds is 5. The maximum Gasteiger partial charge on any atom is 0.153 e. The maximum atomic E-state index is 11.1. The Labute approximate surface area is 151 Å². The van der Waals surface area contributed by atoms with Gasteiger partial charge in [-0.2, -0.15) is 0 Å². The molecule has 5 nitrogen and oxygen atoms in total. The van der Waals surface area contributed by atoms with Crippen LogP contribution in [0.2, 0.25) is 5.02 Å². The van der Waals surface area contributed by atoms with Gasteiger partial charge in [-0.3, -0.25) is 4.79 Å². The Hall–Kier alpha value is -2.40. The zero-order valence-electron chi connectivity index (χ0n) is 13.9. The lowest BCUT2D eigenvalue weighted by Gasteiger charge is -2.34. The van der Waals surface area contributed by atoms with Crippen molar-refractivity contribution in [2.24, 2.45) is 0 Å². The van der Waals surface area contributed by atoms with Crippen LogP contribution in [0.1, 0.15) is 23.2 Å². The minimum absolute atomic E-state index is 0.0357. The predicted octanol–water partition coefficient (Wildman–Crippen LogP) is 3.91. The third kappa shape index (κ3) is 3.82. The summed E-state index contributed by atoms with van der Waals surface area (Å²) in [5.41, 5.74) is 0.826. The summed E-state index contributed by atoms with van der Waals surface area (Å²) in [6, 6.07) is 10.6. The van der Waals surface area contributed by atoms with Crippen LogP contribution >= 0.6 is 11.6 Å². The molecule has 0 unspecified atom stereocenters. The number of aromatic hydroxyl groups is 1. The van der Waals surface area contributed by atoms with Crippen LogP contribution in [-0.4, -0.2) is 37.7 Å². The van der Waals surface area contributed by atoms with E-state index in [1.54, 1.807) is 31.4 Å². The Balaban J connectivity index is 1.70. The third-order valence-electron chi connectivity index (χ3n) is 4.37. The van der Waals surface area contributed by atoms with Gasteiger partial charge in [0, 0.05) is 31.0 Å². The summed E-state index contributed by atoms with van der Waals surface area (Å²) in [5.74, 6) is 1.32. The molecule has 2 aromatic rings. The van der Waals surface area contributed by atoms with Crippen molar-refractivity contribution in [1.82, 2.24) is 0 Å². The highest BCUT2D eigenvalue weighted by molar-refractivity contribution is 6.30. The molecule has 0 amide bonds. The lowest BCUT2D eigenvalue weighted by atomic mass is 10.0. The maximum absolute atomic E-state index is 11.1. The highest BCUT2D eigenvalue weighted by Gasteiger charge is 2.26. The van der Waals surface area contributed by atoms with Crippen molar-refractivity contribution >= 4 is 23.6 Å². The van der Waals surface area contributed by atoms with Crippen LogP contribution < -0.4 is 14.4 Å². The van der Waals surface area contributed by atoms with Crippen molar-refractivity contribution in [2.75, 3.05) is 25.1 Å². The first-order valence-corrected chi connectivity index (χ1v) is 8.52. The Bertz CT molecular complexity index is 740. The molecule has 0 radical (unpaired) electrons. The van der Waals surface area contributed by atoms with E-state index in [0.717, 1.165) is 18.6 Å². The zero-order chi connectivity index (χ0) is 17.8. The molecule has 0 spiro atoms. The normalized spacial score (nSPS) is 15.0. The monoisotopic (exact) mass is 361 g/mol. The minimum Gasteiger partial charge on any atom is -0.505 e. The van der Waals surface area contributed by atoms with Gasteiger partial charge in [-0.15, -0.1) is 0 Å². The lowest BCUT2D eigenvalue weighted by Crippen LogP contribution is -2.38. The summed E-state index contributed by atoms with van der Waals surface area (Å²) >= 11 is 5.89. The van der Waals surface area contributed by atoms with Gasteiger partial charge in [0.1, 0.15) is 23.3 Å². The fraction of sp³-hybridized carbons (Fsp3) is 0.316. The number of carbonyl (C=O) groups is 1. The molecule has 0 atom stereocenters. The number of anilines is 1. The number of phenols is 1. The number of hydrogen-bond acceptors (Lipinski definition) is 5. The van der Waals surface area contributed by atoms with Crippen LogP contribution in [0.5, 0.6) is 17.2 Å². The predicted molar refractivity (Wildman–Crippen MR) is 97.4 cm³/mol. The highest BCUT2D eigenvalue weighted by Crippen LogP contribution is 2.40. The second-order valence-corrected chi connectivity index (χ2v) is 6.37. The molecular formula is C19H20ClNO4. The van der Waals surface area contributed by atoms with E-state index in [9.17, 15) is 9.90 Å². The standard InChI is InChI=1S/C19H20ClNO4/c1-24-17-7-2-13(12-22)19(23)18(17)21-10-8-16(9-11-21)25-15-5-3-14(20)4-6-15/h2-7,12,16,23H,8-11H2,1H3. The van der Waals surface area contributed by atoms with Gasteiger partial charge in [-0.05, 0) is 36.4 Å². The van der Waals surface area contributed by atoms with Crippen LogP contribution in [0.4, 0.5) is 5.69 Å². The zero-order valence-corrected chi connectivity index (χ0v) is 14.7. The van der Waals surface area contributed by atoms with E-state index in [0.29, 0.717) is 35.8 Å². The number of piperidine rings is 1. The van der Waals surface area contributed by atoms with Crippen molar-refractivity contribution < 1.29 is 19.4 Å². The first kappa shape index (κ1) is 17.4. The van der Waals surface area contributed by atoms with Crippen LogP contribution in [-0.2, 0) is 0 Å². The Morgan fingerprint density at radius 3 is 2.44 bits per heavy atom. The van der Waals surface area contributed by atoms with Crippen LogP contribution in [0.25, 0.3) is 0 Å². The average Bonchev–Trinajstić information content (AvgIpc) is 2.64. The Morgan fingerprint density at radius 1 is 1.16 bits per heavy atom. The second kappa shape index (κ2) is 7.66. The van der Waals surface area contributed by atoms with Gasteiger partial charge in [0.05, 0.1) is 12.7 Å². The molecule has 0 aliphatic carbocycles. The number of phenolic OH excluding ortho intramolecular Hbond substituents is 1. The largest absolute Gasteiger partial charge is 0.505 e. The average molecular weight is 362 g/mol. The van der Waals surface area contributed by atoms with Gasteiger partial charge in [-0.25, -0.2) is 0 Å². The molecule has 0 saturated carbocycles. The van der Waals surface area contributed by atoms with Gasteiger partial charge >= 0.3 is 0 Å². The van der Waals surface area contributed by atoms with Gasteiger partial charge < -0.3 is 19.5 Å². The van der Waals surface area contributed by atoms with E-state index < -0.39 is 0 Å². The van der Waals surface area contributed by atoms with E-state index in [2.05, 4.69) is 0 Å². The number of halogens is 1. The van der Waals surface area contributed by atoms with Crippen LogP contribution in [0.3, 0.4) is 0 Å².